The van der Waals surface area contributed by atoms with Crippen LogP contribution >= 0.6 is 22.6 Å². The lowest BCUT2D eigenvalue weighted by atomic mass is 10.2. The molecule has 94 valence electrons. The minimum absolute atomic E-state index is 0.0531. The van der Waals surface area contributed by atoms with Crippen molar-refractivity contribution in [2.45, 2.75) is 32.7 Å². The lowest BCUT2D eigenvalue weighted by Crippen LogP contribution is -2.33. The Labute approximate surface area is 115 Å². The van der Waals surface area contributed by atoms with Gasteiger partial charge in [0.1, 0.15) is 0 Å². The second kappa shape index (κ2) is 7.41. The van der Waals surface area contributed by atoms with Crippen molar-refractivity contribution in [2.75, 3.05) is 11.9 Å². The topological polar surface area (TPSA) is 66.9 Å². The summed E-state index contributed by atoms with van der Waals surface area (Å²) in [6, 6.07) is 0.233. The van der Waals surface area contributed by atoms with Crippen molar-refractivity contribution >= 4 is 34.4 Å². The van der Waals surface area contributed by atoms with Crippen molar-refractivity contribution in [2.24, 2.45) is 0 Å². The van der Waals surface area contributed by atoms with Crippen molar-refractivity contribution < 1.29 is 4.79 Å². The molecular formula is C11H17IN4O. The van der Waals surface area contributed by atoms with Gasteiger partial charge in [-0.15, -0.1) is 0 Å². The number of rotatable bonds is 6. The van der Waals surface area contributed by atoms with E-state index in [0.29, 0.717) is 18.9 Å². The van der Waals surface area contributed by atoms with E-state index in [1.165, 1.54) is 0 Å². The molecule has 0 aliphatic rings. The number of amides is 1. The van der Waals surface area contributed by atoms with Gasteiger partial charge in [-0.25, -0.2) is 9.97 Å². The van der Waals surface area contributed by atoms with E-state index in [1.807, 2.05) is 13.8 Å². The van der Waals surface area contributed by atoms with Crippen LogP contribution in [0.25, 0.3) is 0 Å². The first kappa shape index (κ1) is 14.1. The first-order valence-corrected chi connectivity index (χ1v) is 6.70. The molecule has 0 bridgehead atoms. The summed E-state index contributed by atoms with van der Waals surface area (Å²) in [5.74, 6) is 0.610. The van der Waals surface area contributed by atoms with Crippen LogP contribution in [0.3, 0.4) is 0 Å². The second-order valence-electron chi connectivity index (χ2n) is 3.78. The normalized spacial score (nSPS) is 11.9. The molecular weight excluding hydrogens is 331 g/mol. The molecule has 0 aliphatic carbocycles. The predicted molar refractivity (Wildman–Crippen MR) is 75.8 cm³/mol. The quantitative estimate of drug-likeness (QED) is 0.770. The maximum atomic E-state index is 11.5. The molecule has 1 unspecified atom stereocenters. The summed E-state index contributed by atoms with van der Waals surface area (Å²) >= 11 is 2.15. The molecule has 1 rings (SSSR count). The minimum atomic E-state index is 0.0531. The fraction of sp³-hybridized carbons (Fsp3) is 0.545. The maximum absolute atomic E-state index is 11.5. The van der Waals surface area contributed by atoms with Crippen molar-refractivity contribution in [3.05, 3.63) is 16.0 Å². The van der Waals surface area contributed by atoms with Crippen LogP contribution in [0.1, 0.15) is 26.7 Å². The summed E-state index contributed by atoms with van der Waals surface area (Å²) in [5, 5.41) is 5.91. The number of carbonyl (C=O) groups is 1. The van der Waals surface area contributed by atoms with Gasteiger partial charge in [-0.05, 0) is 35.9 Å². The van der Waals surface area contributed by atoms with Gasteiger partial charge in [0.25, 0.3) is 0 Å². The Hall–Kier alpha value is -0.920. The second-order valence-corrected chi connectivity index (χ2v) is 5.02. The fourth-order valence-electron chi connectivity index (χ4n) is 1.14. The van der Waals surface area contributed by atoms with Gasteiger partial charge in [0.15, 0.2) is 0 Å². The largest absolute Gasteiger partial charge is 0.354 e. The van der Waals surface area contributed by atoms with Gasteiger partial charge in [-0.1, -0.05) is 6.92 Å². The Balaban J connectivity index is 2.23. The highest BCUT2D eigenvalue weighted by Gasteiger charge is 2.05. The molecule has 6 heteroatoms. The molecule has 0 saturated carbocycles. The summed E-state index contributed by atoms with van der Waals surface area (Å²) < 4.78 is 0.989. The lowest BCUT2D eigenvalue weighted by molar-refractivity contribution is -0.121. The minimum Gasteiger partial charge on any atom is -0.354 e. The van der Waals surface area contributed by atoms with Crippen molar-refractivity contribution in [1.29, 1.82) is 0 Å². The Morgan fingerprint density at radius 3 is 2.71 bits per heavy atom. The van der Waals surface area contributed by atoms with E-state index in [0.717, 1.165) is 9.99 Å². The van der Waals surface area contributed by atoms with Gasteiger partial charge in [-0.3, -0.25) is 4.79 Å². The third-order valence-corrected chi connectivity index (χ3v) is 2.83. The van der Waals surface area contributed by atoms with Crippen LogP contribution in [0.2, 0.25) is 0 Å². The SMILES string of the molecule is CCC(C)NC(=O)CCNc1ncc(I)cn1. The monoisotopic (exact) mass is 348 g/mol. The molecule has 0 aliphatic heterocycles. The third kappa shape index (κ3) is 5.81. The molecule has 0 fully saturated rings. The van der Waals surface area contributed by atoms with E-state index in [-0.39, 0.29) is 11.9 Å². The number of aromatic nitrogens is 2. The van der Waals surface area contributed by atoms with E-state index in [9.17, 15) is 4.79 Å². The van der Waals surface area contributed by atoms with Crippen molar-refractivity contribution in [3.8, 4) is 0 Å². The summed E-state index contributed by atoms with van der Waals surface area (Å²) in [4.78, 5) is 19.6. The lowest BCUT2D eigenvalue weighted by Gasteiger charge is -2.11. The smallest absolute Gasteiger partial charge is 0.222 e. The Morgan fingerprint density at radius 2 is 2.12 bits per heavy atom. The highest BCUT2D eigenvalue weighted by Crippen LogP contribution is 2.02. The van der Waals surface area contributed by atoms with Crippen molar-refractivity contribution in [1.82, 2.24) is 15.3 Å². The van der Waals surface area contributed by atoms with Crippen LogP contribution in [0.4, 0.5) is 5.95 Å². The van der Waals surface area contributed by atoms with Gasteiger partial charge >= 0.3 is 0 Å². The van der Waals surface area contributed by atoms with Gasteiger partial charge in [-0.2, -0.15) is 0 Å². The Morgan fingerprint density at radius 1 is 1.47 bits per heavy atom. The molecule has 1 heterocycles. The number of nitrogens with one attached hydrogen (secondary N) is 2. The third-order valence-electron chi connectivity index (χ3n) is 2.28. The molecule has 17 heavy (non-hydrogen) atoms. The van der Waals surface area contributed by atoms with Gasteiger partial charge in [0.2, 0.25) is 11.9 Å². The van der Waals surface area contributed by atoms with Gasteiger partial charge < -0.3 is 10.6 Å². The molecule has 0 saturated heterocycles. The zero-order valence-electron chi connectivity index (χ0n) is 10.0. The van der Waals surface area contributed by atoms with Crippen LogP contribution in [-0.4, -0.2) is 28.5 Å². The first-order valence-electron chi connectivity index (χ1n) is 5.62. The highest BCUT2D eigenvalue weighted by molar-refractivity contribution is 14.1. The number of anilines is 1. The standard InChI is InChI=1S/C11H17IN4O/c1-3-8(2)16-10(17)4-5-13-11-14-6-9(12)7-15-11/h6-8H,3-5H2,1-2H3,(H,16,17)(H,13,14,15). The molecule has 0 spiro atoms. The summed E-state index contributed by atoms with van der Waals surface area (Å²) in [6.07, 6.45) is 4.84. The van der Waals surface area contributed by atoms with Gasteiger partial charge in [0.05, 0.1) is 0 Å². The Kier molecular flexibility index (Phi) is 6.17. The molecule has 2 N–H and O–H groups in total. The van der Waals surface area contributed by atoms with E-state index in [4.69, 9.17) is 0 Å². The van der Waals surface area contributed by atoms with E-state index < -0.39 is 0 Å². The molecule has 1 atom stereocenters. The summed E-state index contributed by atoms with van der Waals surface area (Å²) in [5.41, 5.74) is 0. The van der Waals surface area contributed by atoms with E-state index in [1.54, 1.807) is 12.4 Å². The molecule has 1 aromatic heterocycles. The molecule has 1 amide bonds. The van der Waals surface area contributed by atoms with Crippen LogP contribution in [0.15, 0.2) is 12.4 Å². The van der Waals surface area contributed by atoms with Crippen LogP contribution in [0, 0.1) is 3.57 Å². The van der Waals surface area contributed by atoms with Gasteiger partial charge in [0, 0.05) is 35.0 Å². The van der Waals surface area contributed by atoms with Crippen molar-refractivity contribution in [3.63, 3.8) is 0 Å². The zero-order valence-corrected chi connectivity index (χ0v) is 12.2. The van der Waals surface area contributed by atoms with Crippen LogP contribution in [0.5, 0.6) is 0 Å². The summed E-state index contributed by atoms with van der Waals surface area (Å²) in [7, 11) is 0. The first-order chi connectivity index (χ1) is 8.11. The van der Waals surface area contributed by atoms with E-state index >= 15 is 0 Å². The molecule has 1 aromatic rings. The number of carbonyl (C=O) groups excluding carboxylic acids is 1. The number of hydrogen-bond acceptors (Lipinski definition) is 4. The number of hydrogen-bond donors (Lipinski definition) is 2. The van der Waals surface area contributed by atoms with Crippen LogP contribution in [-0.2, 0) is 4.79 Å². The molecule has 0 aromatic carbocycles. The highest BCUT2D eigenvalue weighted by atomic mass is 127. The van der Waals surface area contributed by atoms with Crippen LogP contribution < -0.4 is 10.6 Å². The number of nitrogens with zero attached hydrogens (tertiary/aromatic N) is 2. The average molecular weight is 348 g/mol. The zero-order chi connectivity index (χ0) is 12.7. The number of halogens is 1. The summed E-state index contributed by atoms with van der Waals surface area (Å²) in [6.45, 7) is 4.58. The average Bonchev–Trinajstić information content (AvgIpc) is 2.31. The predicted octanol–water partition coefficient (Wildman–Crippen LogP) is 1.80. The molecule has 0 radical (unpaired) electrons. The Bertz CT molecular complexity index is 355. The fourth-order valence-corrected chi connectivity index (χ4v) is 1.42. The molecule has 5 nitrogen and oxygen atoms in total. The van der Waals surface area contributed by atoms with E-state index in [2.05, 4.69) is 43.2 Å². The maximum Gasteiger partial charge on any atom is 0.222 e.